The molecule has 4 nitrogen and oxygen atoms in total. The molecule has 0 spiro atoms. The van der Waals surface area contributed by atoms with Crippen molar-refractivity contribution in [3.63, 3.8) is 0 Å². The van der Waals surface area contributed by atoms with Gasteiger partial charge in [-0.15, -0.1) is 0 Å². The highest BCUT2D eigenvalue weighted by Gasteiger charge is 2.10. The molecule has 3 radical (unpaired) electrons. The lowest BCUT2D eigenvalue weighted by Gasteiger charge is -1.99. The molecule has 0 saturated heterocycles. The van der Waals surface area contributed by atoms with Crippen molar-refractivity contribution < 1.29 is 4.74 Å². The molecule has 0 amide bonds. The summed E-state index contributed by atoms with van der Waals surface area (Å²) in [5.74, 6) is 1.07. The van der Waals surface area contributed by atoms with Gasteiger partial charge in [0.25, 0.3) is 0 Å². The van der Waals surface area contributed by atoms with Crippen LogP contribution < -0.4 is 4.74 Å². The van der Waals surface area contributed by atoms with Crippen LogP contribution in [0.2, 0.25) is 0 Å². The lowest BCUT2D eigenvalue weighted by atomic mass is 10.5. The van der Waals surface area contributed by atoms with Gasteiger partial charge in [-0.3, -0.25) is 0 Å². The van der Waals surface area contributed by atoms with Gasteiger partial charge >= 0.3 is 0 Å². The summed E-state index contributed by atoms with van der Waals surface area (Å²) in [5, 5.41) is 0.230. The van der Waals surface area contributed by atoms with Crippen molar-refractivity contribution in [2.24, 2.45) is 0 Å². The van der Waals surface area contributed by atoms with Crippen LogP contribution in [0.5, 0.6) is 5.88 Å². The molecule has 0 N–H and O–H groups in total. The molecule has 2 rings (SSSR count). The van der Waals surface area contributed by atoms with Crippen molar-refractivity contribution in [3.8, 4) is 5.88 Å². The largest absolute Gasteiger partial charge is 0.479 e. The second-order valence-electron chi connectivity index (χ2n) is 2.45. The molecule has 0 unspecified atom stereocenters. The fourth-order valence-corrected chi connectivity index (χ4v) is 1.77. The van der Waals surface area contributed by atoms with Crippen molar-refractivity contribution in [1.29, 1.82) is 0 Å². The first-order chi connectivity index (χ1) is 6.20. The summed E-state index contributed by atoms with van der Waals surface area (Å²) < 4.78 is 5.03. The molecule has 13 heavy (non-hydrogen) atoms. The van der Waals surface area contributed by atoms with Gasteiger partial charge in [0.15, 0.2) is 10.3 Å². The Morgan fingerprint density at radius 1 is 1.31 bits per heavy atom. The number of nitrogens with zero attached hydrogens (tertiary/aromatic N) is 3. The number of aryl methyl sites for hydroxylation is 1. The zero-order chi connectivity index (χ0) is 9.42. The molecule has 0 aliphatic heterocycles. The van der Waals surface area contributed by atoms with E-state index in [2.05, 4.69) is 15.0 Å². The maximum Gasteiger partial charge on any atom is 0.244 e. The van der Waals surface area contributed by atoms with E-state index in [4.69, 9.17) is 11.7 Å². The van der Waals surface area contributed by atoms with Gasteiger partial charge in [-0.25, -0.2) is 9.97 Å². The third kappa shape index (κ3) is 1.35. The fourth-order valence-electron chi connectivity index (χ4n) is 1.04. The van der Waals surface area contributed by atoms with Gasteiger partial charge in [-0.05, 0) is 6.92 Å². The monoisotopic (exact) mass is 192 g/mol. The van der Waals surface area contributed by atoms with E-state index in [1.54, 1.807) is 6.92 Å². The molecule has 0 bridgehead atoms. The lowest BCUT2D eigenvalue weighted by Crippen LogP contribution is -1.93. The average molecular weight is 192 g/mol. The summed E-state index contributed by atoms with van der Waals surface area (Å²) in [5.41, 5.74) is 0.572. The number of aromatic nitrogens is 3. The van der Waals surface area contributed by atoms with Gasteiger partial charge < -0.3 is 4.74 Å². The van der Waals surface area contributed by atoms with Gasteiger partial charge in [0.1, 0.15) is 10.8 Å². The maximum atomic E-state index is 7.35. The summed E-state index contributed by atoms with van der Waals surface area (Å²) in [6, 6.07) is 0. The van der Waals surface area contributed by atoms with Crippen LogP contribution in [0.3, 0.4) is 0 Å². The third-order valence-electron chi connectivity index (χ3n) is 1.53. The Bertz CT molecular complexity index is 452. The van der Waals surface area contributed by atoms with Crippen LogP contribution in [0.1, 0.15) is 10.8 Å². The molecule has 0 saturated carbocycles. The summed E-state index contributed by atoms with van der Waals surface area (Å²) >= 11 is 1.22. The van der Waals surface area contributed by atoms with Crippen molar-refractivity contribution >= 4 is 21.7 Å². The highest BCUT2D eigenvalue weighted by molar-refractivity contribution is 7.18. The molecule has 2 aromatic heterocycles. The molecular weight excluding hydrogens is 186 g/mol. The Kier molecular flexibility index (Phi) is 1.88. The summed E-state index contributed by atoms with van der Waals surface area (Å²) in [6.07, 6.45) is 0. The normalized spacial score (nSPS) is 10.7. The lowest BCUT2D eigenvalue weighted by molar-refractivity contribution is 0.400. The van der Waals surface area contributed by atoms with Crippen LogP contribution in [-0.4, -0.2) is 22.1 Å². The molecule has 5 heteroatoms. The van der Waals surface area contributed by atoms with Gasteiger partial charge in [0, 0.05) is 0 Å². The van der Waals surface area contributed by atoms with Crippen LogP contribution in [0, 0.1) is 13.8 Å². The SMILES string of the molecule is [C]c1nc2c(OC)nc(C)nc2s1. The van der Waals surface area contributed by atoms with Gasteiger partial charge in [0.2, 0.25) is 5.88 Å². The predicted octanol–water partition coefficient (Wildman–Crippen LogP) is 1.34. The van der Waals surface area contributed by atoms with Gasteiger partial charge in [0.05, 0.1) is 14.0 Å². The Hall–Kier alpha value is -1.23. The first-order valence-electron chi connectivity index (χ1n) is 3.61. The number of ether oxygens (including phenoxy) is 1. The topological polar surface area (TPSA) is 47.9 Å². The minimum absolute atomic E-state index is 0.230. The minimum atomic E-state index is 0.230. The number of hydrogen-bond acceptors (Lipinski definition) is 5. The standard InChI is InChI=1S/C8H6N3OS/c1-4-9-7(12-3)6-8(10-4)13-5(2)11-6/h1,3H3. The number of methoxy groups -OCH3 is 1. The number of thiazole rings is 1. The molecule has 65 valence electrons. The number of hydrogen-bond donors (Lipinski definition) is 0. The molecular formula is C8H6N3OS. The van der Waals surface area contributed by atoms with E-state index < -0.39 is 0 Å². The van der Waals surface area contributed by atoms with E-state index in [1.807, 2.05) is 0 Å². The van der Waals surface area contributed by atoms with E-state index in [0.717, 1.165) is 0 Å². The predicted molar refractivity (Wildman–Crippen MR) is 48.8 cm³/mol. The zero-order valence-corrected chi connectivity index (χ0v) is 7.97. The van der Waals surface area contributed by atoms with Crippen molar-refractivity contribution in [2.75, 3.05) is 7.11 Å². The first-order valence-corrected chi connectivity index (χ1v) is 4.43. The van der Waals surface area contributed by atoms with Gasteiger partial charge in [-0.1, -0.05) is 11.3 Å². The van der Waals surface area contributed by atoms with Crippen LogP contribution in [0.15, 0.2) is 0 Å². The quantitative estimate of drug-likeness (QED) is 0.684. The van der Waals surface area contributed by atoms with E-state index in [-0.39, 0.29) is 5.01 Å². The summed E-state index contributed by atoms with van der Waals surface area (Å²) in [7, 11) is 1.53. The summed E-state index contributed by atoms with van der Waals surface area (Å²) in [4.78, 5) is 12.9. The molecule has 0 atom stereocenters. The molecule has 0 fully saturated rings. The van der Waals surface area contributed by atoms with E-state index in [0.29, 0.717) is 22.1 Å². The minimum Gasteiger partial charge on any atom is -0.479 e. The van der Waals surface area contributed by atoms with Crippen molar-refractivity contribution in [1.82, 2.24) is 15.0 Å². The smallest absolute Gasteiger partial charge is 0.244 e. The first kappa shape index (κ1) is 8.37. The van der Waals surface area contributed by atoms with Crippen molar-refractivity contribution in [2.45, 2.75) is 6.92 Å². The highest BCUT2D eigenvalue weighted by atomic mass is 32.1. The van der Waals surface area contributed by atoms with E-state index in [1.165, 1.54) is 18.4 Å². The number of fused-ring (bicyclic) bond motifs is 1. The zero-order valence-electron chi connectivity index (χ0n) is 7.16. The maximum absolute atomic E-state index is 7.35. The third-order valence-corrected chi connectivity index (χ3v) is 2.29. The van der Waals surface area contributed by atoms with Crippen LogP contribution in [-0.2, 0) is 0 Å². The second-order valence-corrected chi connectivity index (χ2v) is 3.43. The average Bonchev–Trinajstić information content (AvgIpc) is 2.43. The van der Waals surface area contributed by atoms with Gasteiger partial charge in [-0.2, -0.15) is 4.98 Å². The molecule has 0 aliphatic carbocycles. The fraction of sp³-hybridized carbons (Fsp3) is 0.250. The Balaban J connectivity index is 2.80. The Morgan fingerprint density at radius 3 is 2.77 bits per heavy atom. The molecule has 0 aromatic carbocycles. The van der Waals surface area contributed by atoms with E-state index in [9.17, 15) is 0 Å². The molecule has 2 aromatic rings. The van der Waals surface area contributed by atoms with Crippen LogP contribution >= 0.6 is 11.3 Å². The van der Waals surface area contributed by atoms with Crippen LogP contribution in [0.4, 0.5) is 0 Å². The van der Waals surface area contributed by atoms with E-state index >= 15 is 0 Å². The van der Waals surface area contributed by atoms with Crippen LogP contribution in [0.25, 0.3) is 10.3 Å². The molecule has 0 aliphatic rings. The second kappa shape index (κ2) is 2.92. The molecule has 2 heterocycles. The number of rotatable bonds is 1. The highest BCUT2D eigenvalue weighted by Crippen LogP contribution is 2.25. The van der Waals surface area contributed by atoms with Crippen molar-refractivity contribution in [3.05, 3.63) is 17.8 Å². The Labute approximate surface area is 79.6 Å². The Morgan fingerprint density at radius 2 is 2.08 bits per heavy atom. The summed E-state index contributed by atoms with van der Waals surface area (Å²) in [6.45, 7) is 9.13.